The lowest BCUT2D eigenvalue weighted by molar-refractivity contribution is -0.0312. The van der Waals surface area contributed by atoms with Gasteiger partial charge in [0.25, 0.3) is 0 Å². The summed E-state index contributed by atoms with van der Waals surface area (Å²) in [4.78, 5) is 3.11. The van der Waals surface area contributed by atoms with Gasteiger partial charge in [-0.3, -0.25) is 13.6 Å². The molecule has 0 aliphatic carbocycles. The topological polar surface area (TPSA) is 67.6 Å². The second-order valence-electron chi connectivity index (χ2n) is 4.16. The molecule has 8 heteroatoms. The molecule has 1 saturated heterocycles. The van der Waals surface area contributed by atoms with Crippen LogP contribution in [-0.2, 0) is 27.6 Å². The molecule has 0 radical (unpaired) electrons. The molecule has 0 bridgehead atoms. The molecule has 0 amide bonds. The molecule has 0 aromatic carbocycles. The van der Waals surface area contributed by atoms with E-state index in [-0.39, 0.29) is 25.4 Å². The van der Waals surface area contributed by atoms with Crippen molar-refractivity contribution in [1.29, 1.82) is 0 Å². The van der Waals surface area contributed by atoms with E-state index in [1.807, 2.05) is 6.92 Å². The Balaban J connectivity index is 2.58. The largest absolute Gasteiger partial charge is 0.475 e. The highest BCUT2D eigenvalue weighted by atomic mass is 31.2. The van der Waals surface area contributed by atoms with E-state index in [0.29, 0.717) is 13.0 Å². The molecule has 1 heterocycles. The predicted octanol–water partition coefficient (Wildman–Crippen LogP) is 1.89. The molecule has 7 nitrogen and oxygen atoms in total. The number of hydrogen-bond acceptors (Lipinski definition) is 6. The molecule has 0 N–H and O–H groups in total. The molecular formula is C11H20NO6P. The summed E-state index contributed by atoms with van der Waals surface area (Å²) in [6.45, 7) is 9.01. The fourth-order valence-electron chi connectivity index (χ4n) is 1.83. The Hall–Kier alpha value is -0.480. The molecule has 1 rings (SSSR count). The van der Waals surface area contributed by atoms with Gasteiger partial charge in [0.1, 0.15) is 18.8 Å². The summed E-state index contributed by atoms with van der Waals surface area (Å²) in [7, 11) is -0.831. The molecule has 0 aromatic heterocycles. The zero-order valence-corrected chi connectivity index (χ0v) is 12.3. The quantitative estimate of drug-likeness (QED) is 0.387. The molecule has 1 fully saturated rings. The fraction of sp³-hybridized carbons (Fsp3) is 0.909. The Morgan fingerprint density at radius 3 is 2.79 bits per heavy atom. The first-order chi connectivity index (χ1) is 9.04. The molecule has 19 heavy (non-hydrogen) atoms. The van der Waals surface area contributed by atoms with Crippen LogP contribution in [0.5, 0.6) is 0 Å². The van der Waals surface area contributed by atoms with E-state index in [2.05, 4.69) is 4.85 Å². The second kappa shape index (κ2) is 7.95. The van der Waals surface area contributed by atoms with E-state index in [9.17, 15) is 4.57 Å². The average Bonchev–Trinajstić information content (AvgIpc) is 2.70. The first-order valence-corrected chi connectivity index (χ1v) is 7.47. The lowest BCUT2D eigenvalue weighted by Crippen LogP contribution is -2.28. The maximum Gasteiger partial charge on any atom is 0.475 e. The minimum atomic E-state index is -3.65. The van der Waals surface area contributed by atoms with Crippen LogP contribution in [0.4, 0.5) is 0 Å². The van der Waals surface area contributed by atoms with Crippen molar-refractivity contribution in [1.82, 2.24) is 0 Å². The minimum absolute atomic E-state index is 0.00121. The Morgan fingerprint density at radius 1 is 1.47 bits per heavy atom. The summed E-state index contributed by atoms with van der Waals surface area (Å²) in [5.41, 5.74) is 0. The van der Waals surface area contributed by atoms with E-state index in [4.69, 9.17) is 29.6 Å². The molecule has 0 spiro atoms. The minimum Gasteiger partial charge on any atom is -0.382 e. The molecule has 110 valence electrons. The van der Waals surface area contributed by atoms with Gasteiger partial charge in [-0.15, -0.1) is 0 Å². The van der Waals surface area contributed by atoms with Crippen LogP contribution in [0.15, 0.2) is 0 Å². The molecule has 0 saturated carbocycles. The van der Waals surface area contributed by atoms with Crippen LogP contribution in [0, 0.1) is 6.57 Å². The number of nitrogens with zero attached hydrogens (tertiary/aromatic N) is 1. The van der Waals surface area contributed by atoms with Crippen molar-refractivity contribution in [2.45, 2.75) is 31.7 Å². The Morgan fingerprint density at radius 2 is 2.21 bits per heavy atom. The van der Waals surface area contributed by atoms with Crippen molar-refractivity contribution in [2.75, 3.05) is 34.0 Å². The summed E-state index contributed by atoms with van der Waals surface area (Å²) in [6, 6.07) is 0. The van der Waals surface area contributed by atoms with Gasteiger partial charge in [0.05, 0.1) is 12.7 Å². The normalized spacial score (nSPS) is 29.9. The van der Waals surface area contributed by atoms with Crippen molar-refractivity contribution >= 4 is 7.82 Å². The van der Waals surface area contributed by atoms with E-state index in [1.165, 1.54) is 7.11 Å². The van der Waals surface area contributed by atoms with Crippen LogP contribution < -0.4 is 0 Å². The average molecular weight is 293 g/mol. The molecule has 4 unspecified atom stereocenters. The molecule has 4 atom stereocenters. The van der Waals surface area contributed by atoms with E-state index in [1.54, 1.807) is 7.11 Å². The number of hydrogen-bond donors (Lipinski definition) is 0. The third kappa shape index (κ3) is 5.19. The Bertz CT molecular complexity index is 358. The monoisotopic (exact) mass is 293 g/mol. The number of ether oxygens (including phenoxy) is 2. The van der Waals surface area contributed by atoms with E-state index >= 15 is 0 Å². The van der Waals surface area contributed by atoms with Crippen LogP contribution in [0.3, 0.4) is 0 Å². The highest BCUT2D eigenvalue weighted by Crippen LogP contribution is 2.51. The summed E-state index contributed by atoms with van der Waals surface area (Å²) < 4.78 is 38.1. The summed E-state index contributed by atoms with van der Waals surface area (Å²) in [6.07, 6.45) is -0.117. The molecular weight excluding hydrogens is 273 g/mol. The van der Waals surface area contributed by atoms with Crippen molar-refractivity contribution < 1.29 is 27.6 Å². The zero-order chi connectivity index (χ0) is 14.3. The van der Waals surface area contributed by atoms with Crippen molar-refractivity contribution in [2.24, 2.45) is 0 Å². The van der Waals surface area contributed by atoms with Gasteiger partial charge in [-0.1, -0.05) is 0 Å². The van der Waals surface area contributed by atoms with Gasteiger partial charge in [-0.2, -0.15) is 0 Å². The van der Waals surface area contributed by atoms with Crippen molar-refractivity contribution in [3.05, 3.63) is 11.4 Å². The van der Waals surface area contributed by atoms with E-state index < -0.39 is 13.9 Å². The van der Waals surface area contributed by atoms with Crippen LogP contribution in [-0.4, -0.2) is 52.3 Å². The van der Waals surface area contributed by atoms with Crippen molar-refractivity contribution in [3.63, 3.8) is 0 Å². The van der Waals surface area contributed by atoms with Gasteiger partial charge in [-0.25, -0.2) is 11.1 Å². The Labute approximate surface area is 113 Å². The van der Waals surface area contributed by atoms with Gasteiger partial charge in [-0.05, 0) is 6.92 Å². The third-order valence-electron chi connectivity index (χ3n) is 2.66. The lowest BCUT2D eigenvalue weighted by Gasteiger charge is -2.22. The smallest absolute Gasteiger partial charge is 0.382 e. The van der Waals surface area contributed by atoms with Gasteiger partial charge in [0, 0.05) is 20.6 Å². The fourth-order valence-corrected chi connectivity index (χ4v) is 2.94. The summed E-state index contributed by atoms with van der Waals surface area (Å²) in [5.74, 6) is 0. The SMILES string of the molecule is [C-]#[N+]CCOP(=O)(OC)OC1CC(C)OC1COC. The first kappa shape index (κ1) is 16.6. The summed E-state index contributed by atoms with van der Waals surface area (Å²) in [5, 5.41) is 0. The molecule has 1 aliphatic heterocycles. The number of rotatable bonds is 8. The van der Waals surface area contributed by atoms with Crippen LogP contribution in [0.2, 0.25) is 0 Å². The van der Waals surface area contributed by atoms with Gasteiger partial charge < -0.3 is 14.3 Å². The van der Waals surface area contributed by atoms with Crippen LogP contribution in [0.1, 0.15) is 13.3 Å². The lowest BCUT2D eigenvalue weighted by atomic mass is 10.1. The Kier molecular flexibility index (Phi) is 6.94. The number of methoxy groups -OCH3 is 1. The van der Waals surface area contributed by atoms with Crippen LogP contribution in [0.25, 0.3) is 4.85 Å². The standard InChI is InChI=1S/C11H20NO6P/c1-9-7-10(11(17-9)8-14-3)18-19(13,15-4)16-6-5-12-2/h9-11H,5-8H2,1,3-4H3. The van der Waals surface area contributed by atoms with Crippen LogP contribution >= 0.6 is 7.82 Å². The highest BCUT2D eigenvalue weighted by Gasteiger charge is 2.40. The molecule has 0 aromatic rings. The van der Waals surface area contributed by atoms with Gasteiger partial charge >= 0.3 is 7.82 Å². The maximum absolute atomic E-state index is 12.2. The number of phosphoric ester groups is 1. The third-order valence-corrected chi connectivity index (χ3v) is 4.13. The van der Waals surface area contributed by atoms with Crippen molar-refractivity contribution in [3.8, 4) is 0 Å². The predicted molar refractivity (Wildman–Crippen MR) is 67.7 cm³/mol. The van der Waals surface area contributed by atoms with Gasteiger partial charge in [0.15, 0.2) is 0 Å². The number of phosphoric acid groups is 1. The zero-order valence-electron chi connectivity index (χ0n) is 11.4. The maximum atomic E-state index is 12.2. The second-order valence-corrected chi connectivity index (χ2v) is 5.89. The molecule has 1 aliphatic rings. The highest BCUT2D eigenvalue weighted by molar-refractivity contribution is 7.48. The van der Waals surface area contributed by atoms with E-state index in [0.717, 1.165) is 0 Å². The summed E-state index contributed by atoms with van der Waals surface area (Å²) >= 11 is 0. The first-order valence-electron chi connectivity index (χ1n) is 6.01. The van der Waals surface area contributed by atoms with Gasteiger partial charge in [0.2, 0.25) is 6.54 Å².